The molecule has 0 saturated carbocycles. The fourth-order valence-electron chi connectivity index (χ4n) is 4.70. The first-order chi connectivity index (χ1) is 15.4. The number of guanidine groups is 1. The maximum absolute atomic E-state index is 13.5. The Balaban J connectivity index is 1.66. The predicted octanol–water partition coefficient (Wildman–Crippen LogP) is 3.61. The minimum atomic E-state index is 0.0556. The Labute approximate surface area is 192 Å². The molecule has 1 atom stereocenters. The van der Waals surface area contributed by atoms with Gasteiger partial charge in [-0.25, -0.2) is 9.98 Å². The second-order valence-electron chi connectivity index (χ2n) is 8.95. The minimum Gasteiger partial charge on any atom is -0.341 e. The zero-order valence-corrected chi connectivity index (χ0v) is 20.1. The molecule has 3 aliphatic rings. The Morgan fingerprint density at radius 3 is 2.41 bits per heavy atom. The van der Waals surface area contributed by atoms with E-state index in [0.717, 1.165) is 73.8 Å². The van der Waals surface area contributed by atoms with E-state index in [1.807, 2.05) is 31.2 Å². The number of allylic oxidation sites excluding steroid dienone is 3. The van der Waals surface area contributed by atoms with E-state index in [2.05, 4.69) is 48.6 Å². The van der Waals surface area contributed by atoms with Crippen LogP contribution in [0.1, 0.15) is 50.0 Å². The molecule has 0 aromatic heterocycles. The van der Waals surface area contributed by atoms with Crippen molar-refractivity contribution in [3.63, 3.8) is 0 Å². The number of Topliss-reactive ketones (excluding diaryl/α,β-unsaturated/α-hetero) is 1. The fourth-order valence-corrected chi connectivity index (χ4v) is 4.70. The highest BCUT2D eigenvalue weighted by atomic mass is 16.1. The second kappa shape index (κ2) is 9.51. The molecule has 1 fully saturated rings. The van der Waals surface area contributed by atoms with E-state index in [1.165, 1.54) is 0 Å². The number of carbonyl (C=O) groups excluding carboxylic acids is 1. The van der Waals surface area contributed by atoms with Crippen LogP contribution >= 0.6 is 0 Å². The smallest absolute Gasteiger partial charge is 0.226 e. The molecule has 1 aromatic rings. The topological polar surface area (TPSA) is 51.5 Å². The fraction of sp³-hybridized carbons (Fsp3) is 0.500. The Kier molecular flexibility index (Phi) is 6.72. The van der Waals surface area contributed by atoms with Crippen LogP contribution < -0.4 is 0 Å². The van der Waals surface area contributed by atoms with Crippen molar-refractivity contribution >= 4 is 17.5 Å². The first-order valence-electron chi connectivity index (χ1n) is 11.8. The van der Waals surface area contributed by atoms with Gasteiger partial charge in [-0.05, 0) is 46.7 Å². The molecule has 1 saturated heterocycles. The predicted molar refractivity (Wildman–Crippen MR) is 132 cm³/mol. The number of benzene rings is 1. The zero-order valence-electron chi connectivity index (χ0n) is 20.1. The van der Waals surface area contributed by atoms with Crippen LogP contribution in [-0.4, -0.2) is 84.5 Å². The summed E-state index contributed by atoms with van der Waals surface area (Å²) in [4.78, 5) is 30.3. The molecule has 1 unspecified atom stereocenters. The molecule has 1 aliphatic carbocycles. The van der Waals surface area contributed by atoms with Gasteiger partial charge in [-0.3, -0.25) is 9.69 Å². The van der Waals surface area contributed by atoms with Crippen LogP contribution in [0.2, 0.25) is 0 Å². The average molecular weight is 434 g/mol. The molecule has 0 N–H and O–H groups in total. The van der Waals surface area contributed by atoms with Crippen molar-refractivity contribution in [2.45, 2.75) is 40.2 Å². The van der Waals surface area contributed by atoms with Crippen molar-refractivity contribution in [1.29, 1.82) is 0 Å². The van der Waals surface area contributed by atoms with E-state index in [0.29, 0.717) is 17.6 Å². The van der Waals surface area contributed by atoms with Crippen LogP contribution in [0.4, 0.5) is 0 Å². The van der Waals surface area contributed by atoms with Gasteiger partial charge in [0.15, 0.2) is 5.78 Å². The highest BCUT2D eigenvalue weighted by Crippen LogP contribution is 2.34. The lowest BCUT2D eigenvalue weighted by molar-refractivity contribution is 0.103. The molecule has 2 heterocycles. The first-order valence-corrected chi connectivity index (χ1v) is 11.8. The lowest BCUT2D eigenvalue weighted by Crippen LogP contribution is -2.47. The molecule has 0 spiro atoms. The average Bonchev–Trinajstić information content (AvgIpc) is 3.23. The molecule has 6 heteroatoms. The Morgan fingerprint density at radius 2 is 1.75 bits per heavy atom. The first kappa shape index (κ1) is 22.6. The number of hydrogen-bond acceptors (Lipinski definition) is 6. The van der Waals surface area contributed by atoms with Crippen molar-refractivity contribution in [2.24, 2.45) is 9.98 Å². The van der Waals surface area contributed by atoms with Gasteiger partial charge in [0.25, 0.3) is 0 Å². The highest BCUT2D eigenvalue weighted by Gasteiger charge is 2.35. The molecule has 0 amide bonds. The number of likely N-dealkylation sites (N-methyl/N-ethyl adjacent to an activating group) is 1. The summed E-state index contributed by atoms with van der Waals surface area (Å²) in [5.41, 5.74) is 4.88. The molecule has 0 radical (unpaired) electrons. The van der Waals surface area contributed by atoms with Crippen LogP contribution in [0.5, 0.6) is 0 Å². The molecule has 0 bridgehead atoms. The molecule has 32 heavy (non-hydrogen) atoms. The Hall–Kier alpha value is -2.57. The number of hydrogen-bond donors (Lipinski definition) is 0. The van der Waals surface area contributed by atoms with Gasteiger partial charge < -0.3 is 9.80 Å². The molecular weight excluding hydrogens is 398 g/mol. The van der Waals surface area contributed by atoms with E-state index in [1.54, 1.807) is 0 Å². The summed E-state index contributed by atoms with van der Waals surface area (Å²) in [6, 6.07) is 8.23. The van der Waals surface area contributed by atoms with Gasteiger partial charge in [0.2, 0.25) is 5.96 Å². The largest absolute Gasteiger partial charge is 0.341 e. The molecule has 1 aromatic carbocycles. The summed E-state index contributed by atoms with van der Waals surface area (Å²) in [7, 11) is 2.18. The normalized spacial score (nSPS) is 20.7. The molecule has 4 rings (SSSR count). The number of rotatable bonds is 6. The van der Waals surface area contributed by atoms with Crippen molar-refractivity contribution in [1.82, 2.24) is 14.7 Å². The van der Waals surface area contributed by atoms with Crippen LogP contribution in [0.15, 0.2) is 57.2 Å². The van der Waals surface area contributed by atoms with E-state index >= 15 is 0 Å². The number of aliphatic imine (C=N–C) groups is 2. The highest BCUT2D eigenvalue weighted by molar-refractivity contribution is 6.33. The zero-order chi connectivity index (χ0) is 22.8. The van der Waals surface area contributed by atoms with E-state index in [-0.39, 0.29) is 5.78 Å². The SMILES string of the molecule is CCN(CC)C1=NC2=C(/C(C)=C/CC(C)N3CCN(C)CC3)C(=O)c3ccccc3C2=N1. The van der Waals surface area contributed by atoms with E-state index in [4.69, 9.17) is 9.98 Å². The third-order valence-corrected chi connectivity index (χ3v) is 6.91. The van der Waals surface area contributed by atoms with Crippen molar-refractivity contribution in [3.8, 4) is 0 Å². The van der Waals surface area contributed by atoms with Gasteiger partial charge in [0.1, 0.15) is 11.4 Å². The van der Waals surface area contributed by atoms with Crippen molar-refractivity contribution in [3.05, 3.63) is 58.3 Å². The summed E-state index contributed by atoms with van der Waals surface area (Å²) < 4.78 is 0. The number of ketones is 1. The standard InChI is InChI=1S/C26H35N5O/c1-6-30(7-2)26-27-23-20-10-8-9-11-21(20)25(32)22(24(23)28-26)18(3)12-13-19(4)31-16-14-29(5)15-17-31/h8-12,19H,6-7,13-17H2,1-5H3/b18-12+. The molecular formula is C26H35N5O. The minimum absolute atomic E-state index is 0.0556. The lowest BCUT2D eigenvalue weighted by atomic mass is 9.83. The number of piperazine rings is 1. The van der Waals surface area contributed by atoms with Crippen molar-refractivity contribution in [2.75, 3.05) is 46.3 Å². The quantitative estimate of drug-likeness (QED) is 0.688. The van der Waals surface area contributed by atoms with Crippen LogP contribution in [0, 0.1) is 0 Å². The number of carbonyl (C=O) groups is 1. The van der Waals surface area contributed by atoms with Crippen LogP contribution in [0.3, 0.4) is 0 Å². The van der Waals surface area contributed by atoms with E-state index in [9.17, 15) is 4.79 Å². The van der Waals surface area contributed by atoms with Gasteiger partial charge in [0.05, 0.1) is 5.57 Å². The Bertz CT molecular complexity index is 1010. The van der Waals surface area contributed by atoms with E-state index < -0.39 is 0 Å². The summed E-state index contributed by atoms with van der Waals surface area (Å²) in [6.07, 6.45) is 3.14. The van der Waals surface area contributed by atoms with Gasteiger partial charge in [-0.15, -0.1) is 0 Å². The lowest BCUT2D eigenvalue weighted by Gasteiger charge is -2.36. The summed E-state index contributed by atoms with van der Waals surface area (Å²) in [5.74, 6) is 0.765. The number of nitrogens with zero attached hydrogens (tertiary/aromatic N) is 5. The second-order valence-corrected chi connectivity index (χ2v) is 8.95. The van der Waals surface area contributed by atoms with Gasteiger partial charge in [0, 0.05) is 56.4 Å². The molecule has 2 aliphatic heterocycles. The monoisotopic (exact) mass is 433 g/mol. The Morgan fingerprint density at radius 1 is 1.09 bits per heavy atom. The van der Waals surface area contributed by atoms with Gasteiger partial charge >= 0.3 is 0 Å². The van der Waals surface area contributed by atoms with Crippen LogP contribution in [-0.2, 0) is 0 Å². The third-order valence-electron chi connectivity index (χ3n) is 6.91. The van der Waals surface area contributed by atoms with Crippen LogP contribution in [0.25, 0.3) is 0 Å². The third kappa shape index (κ3) is 4.21. The van der Waals surface area contributed by atoms with Crippen molar-refractivity contribution < 1.29 is 4.79 Å². The summed E-state index contributed by atoms with van der Waals surface area (Å²) in [6.45, 7) is 14.6. The number of fused-ring (bicyclic) bond motifs is 3. The van der Waals surface area contributed by atoms with Gasteiger partial charge in [-0.2, -0.15) is 0 Å². The molecule has 170 valence electrons. The summed E-state index contributed by atoms with van der Waals surface area (Å²) in [5, 5.41) is 0. The molecule has 6 nitrogen and oxygen atoms in total. The maximum Gasteiger partial charge on any atom is 0.226 e. The summed E-state index contributed by atoms with van der Waals surface area (Å²) >= 11 is 0. The maximum atomic E-state index is 13.5. The van der Waals surface area contributed by atoms with Gasteiger partial charge in [-0.1, -0.05) is 30.3 Å².